The predicted octanol–water partition coefficient (Wildman–Crippen LogP) is 4.72. The molecular weight excluding hydrogens is 358 g/mol. The van der Waals surface area contributed by atoms with Gasteiger partial charge in [-0.25, -0.2) is 0 Å². The van der Waals surface area contributed by atoms with E-state index in [1.807, 2.05) is 18.2 Å². The third-order valence-corrected chi connectivity index (χ3v) is 4.79. The van der Waals surface area contributed by atoms with Crippen LogP contribution in [0.1, 0.15) is 23.0 Å². The second-order valence-corrected chi connectivity index (χ2v) is 7.14. The summed E-state index contributed by atoms with van der Waals surface area (Å²) in [5.74, 6) is 0. The number of hydrogen-bond donors (Lipinski definition) is 1. The van der Waals surface area contributed by atoms with E-state index < -0.39 is 6.10 Å². The quantitative estimate of drug-likeness (QED) is 0.791. The zero-order valence-corrected chi connectivity index (χ0v) is 14.4. The van der Waals surface area contributed by atoms with Crippen molar-refractivity contribution in [3.8, 4) is 0 Å². The molecule has 0 spiro atoms. The Bertz CT molecular complexity index is 547. The highest BCUT2D eigenvalue weighted by atomic mass is 79.9. The Morgan fingerprint density at radius 1 is 1.40 bits per heavy atom. The van der Waals surface area contributed by atoms with Gasteiger partial charge in [0.1, 0.15) is 0 Å². The lowest BCUT2D eigenvalue weighted by atomic mass is 10.1. The van der Waals surface area contributed by atoms with E-state index in [0.29, 0.717) is 11.4 Å². The maximum atomic E-state index is 10.2. The summed E-state index contributed by atoms with van der Waals surface area (Å²) in [6.45, 7) is 1.74. The minimum atomic E-state index is -0.526. The number of aliphatic hydroxyl groups is 1. The lowest BCUT2D eigenvalue weighted by molar-refractivity contribution is 0.148. The van der Waals surface area contributed by atoms with Gasteiger partial charge < -0.3 is 10.0 Å². The van der Waals surface area contributed by atoms with Crippen LogP contribution in [-0.4, -0.2) is 23.6 Å². The molecule has 2 rings (SSSR count). The van der Waals surface area contributed by atoms with Crippen molar-refractivity contribution >= 4 is 38.9 Å². The molecule has 0 bridgehead atoms. The maximum absolute atomic E-state index is 10.2. The number of benzene rings is 1. The molecule has 0 radical (unpaired) electrons. The molecule has 0 fully saturated rings. The Hall–Kier alpha value is -0.390. The highest BCUT2D eigenvalue weighted by molar-refractivity contribution is 9.10. The van der Waals surface area contributed by atoms with Gasteiger partial charge in [0.2, 0.25) is 0 Å². The van der Waals surface area contributed by atoms with Crippen LogP contribution in [-0.2, 0) is 6.54 Å². The molecule has 1 unspecified atom stereocenters. The first-order valence-electron chi connectivity index (χ1n) is 6.40. The number of halogens is 2. The third-order valence-electron chi connectivity index (χ3n) is 3.11. The molecule has 1 aromatic carbocycles. The molecule has 2 aromatic rings. The van der Waals surface area contributed by atoms with Crippen LogP contribution in [0.4, 0.5) is 0 Å². The first-order valence-corrected chi connectivity index (χ1v) is 8.45. The topological polar surface area (TPSA) is 23.5 Å². The van der Waals surface area contributed by atoms with E-state index in [1.54, 1.807) is 11.3 Å². The summed E-state index contributed by atoms with van der Waals surface area (Å²) in [5, 5.41) is 12.9. The molecule has 0 saturated heterocycles. The van der Waals surface area contributed by atoms with E-state index in [9.17, 15) is 5.11 Å². The predicted molar refractivity (Wildman–Crippen MR) is 89.4 cm³/mol. The largest absolute Gasteiger partial charge is 0.388 e. The smallest absolute Gasteiger partial charge is 0.0816 e. The number of hydrogen-bond acceptors (Lipinski definition) is 3. The van der Waals surface area contributed by atoms with Crippen molar-refractivity contribution in [1.82, 2.24) is 4.90 Å². The fraction of sp³-hybridized carbons (Fsp3) is 0.333. The summed E-state index contributed by atoms with van der Waals surface area (Å²) in [4.78, 5) is 3.55. The fourth-order valence-electron chi connectivity index (χ4n) is 2.02. The summed E-state index contributed by atoms with van der Waals surface area (Å²) in [6, 6.07) is 9.78. The zero-order chi connectivity index (χ0) is 14.5. The normalized spacial score (nSPS) is 12.8. The highest BCUT2D eigenvalue weighted by Crippen LogP contribution is 2.28. The molecule has 1 aromatic heterocycles. The van der Waals surface area contributed by atoms with Crippen molar-refractivity contribution in [1.29, 1.82) is 0 Å². The fourth-order valence-corrected chi connectivity index (χ4v) is 3.60. The van der Waals surface area contributed by atoms with Crippen LogP contribution in [0.5, 0.6) is 0 Å². The zero-order valence-electron chi connectivity index (χ0n) is 11.2. The summed E-state index contributed by atoms with van der Waals surface area (Å²) in [7, 11) is 2.07. The van der Waals surface area contributed by atoms with Gasteiger partial charge in [-0.1, -0.05) is 39.7 Å². The van der Waals surface area contributed by atoms with E-state index in [0.717, 1.165) is 23.1 Å². The van der Waals surface area contributed by atoms with Crippen LogP contribution in [0.25, 0.3) is 0 Å². The summed E-state index contributed by atoms with van der Waals surface area (Å²) in [5.41, 5.74) is 0.791. The molecule has 5 heteroatoms. The van der Waals surface area contributed by atoms with Gasteiger partial charge >= 0.3 is 0 Å². The van der Waals surface area contributed by atoms with Crippen molar-refractivity contribution in [3.63, 3.8) is 0 Å². The minimum Gasteiger partial charge on any atom is -0.388 e. The second kappa shape index (κ2) is 7.57. The molecule has 1 heterocycles. The van der Waals surface area contributed by atoms with Crippen LogP contribution < -0.4 is 0 Å². The lowest BCUT2D eigenvalue weighted by Gasteiger charge is -2.19. The van der Waals surface area contributed by atoms with Gasteiger partial charge in [-0.2, -0.15) is 0 Å². The molecule has 0 amide bonds. The Kier molecular flexibility index (Phi) is 6.05. The molecule has 0 aliphatic heterocycles. The van der Waals surface area contributed by atoms with Gasteiger partial charge in [0.15, 0.2) is 0 Å². The molecular formula is C15H17BrClNOS. The Labute approximate surface area is 137 Å². The van der Waals surface area contributed by atoms with Crippen LogP contribution in [0.2, 0.25) is 5.02 Å². The standard InChI is InChI=1S/C15H17BrClNOS/c1-18(10-12-3-2-8-20-12)7-6-15(19)13-5-4-11(16)9-14(13)17/h2-5,8-9,15,19H,6-7,10H2,1H3. The molecule has 2 nitrogen and oxygen atoms in total. The monoisotopic (exact) mass is 373 g/mol. The van der Waals surface area contributed by atoms with Crippen molar-refractivity contribution < 1.29 is 5.11 Å². The van der Waals surface area contributed by atoms with Gasteiger partial charge in [-0.05, 0) is 42.6 Å². The molecule has 0 saturated carbocycles. The van der Waals surface area contributed by atoms with Gasteiger partial charge in [0.25, 0.3) is 0 Å². The summed E-state index contributed by atoms with van der Waals surface area (Å²) >= 11 is 11.3. The van der Waals surface area contributed by atoms with E-state index >= 15 is 0 Å². The van der Waals surface area contributed by atoms with Crippen LogP contribution >= 0.6 is 38.9 Å². The van der Waals surface area contributed by atoms with E-state index in [2.05, 4.69) is 45.4 Å². The van der Waals surface area contributed by atoms with Crippen molar-refractivity contribution in [2.45, 2.75) is 19.1 Å². The average Bonchev–Trinajstić information content (AvgIpc) is 2.89. The maximum Gasteiger partial charge on any atom is 0.0816 e. The SMILES string of the molecule is CN(CCC(O)c1ccc(Br)cc1Cl)Cc1cccs1. The van der Waals surface area contributed by atoms with Crippen molar-refractivity contribution in [2.75, 3.05) is 13.6 Å². The highest BCUT2D eigenvalue weighted by Gasteiger charge is 2.13. The minimum absolute atomic E-state index is 0.526. The molecule has 20 heavy (non-hydrogen) atoms. The van der Waals surface area contributed by atoms with Crippen molar-refractivity contribution in [2.24, 2.45) is 0 Å². The van der Waals surface area contributed by atoms with Crippen LogP contribution in [0.3, 0.4) is 0 Å². The molecule has 108 valence electrons. The van der Waals surface area contributed by atoms with Crippen LogP contribution in [0, 0.1) is 0 Å². The first kappa shape index (κ1) is 16.0. The molecule has 0 aliphatic rings. The number of aliphatic hydroxyl groups excluding tert-OH is 1. The van der Waals surface area contributed by atoms with Gasteiger partial charge in [0.05, 0.1) is 6.10 Å². The molecule has 1 N–H and O–H groups in total. The third kappa shape index (κ3) is 4.57. The van der Waals surface area contributed by atoms with E-state index in [4.69, 9.17) is 11.6 Å². The number of rotatable bonds is 6. The first-order chi connectivity index (χ1) is 9.56. The Morgan fingerprint density at radius 2 is 2.20 bits per heavy atom. The van der Waals surface area contributed by atoms with E-state index in [-0.39, 0.29) is 0 Å². The Balaban J connectivity index is 1.86. The van der Waals surface area contributed by atoms with Gasteiger partial charge in [-0.15, -0.1) is 11.3 Å². The van der Waals surface area contributed by atoms with Crippen LogP contribution in [0.15, 0.2) is 40.2 Å². The summed E-state index contributed by atoms with van der Waals surface area (Å²) < 4.78 is 0.924. The number of nitrogens with zero attached hydrogens (tertiary/aromatic N) is 1. The van der Waals surface area contributed by atoms with Gasteiger partial charge in [0, 0.05) is 27.5 Å². The molecule has 0 aliphatic carbocycles. The number of thiophene rings is 1. The lowest BCUT2D eigenvalue weighted by Crippen LogP contribution is -2.20. The Morgan fingerprint density at radius 3 is 2.85 bits per heavy atom. The molecule has 1 atom stereocenters. The average molecular weight is 375 g/mol. The van der Waals surface area contributed by atoms with E-state index in [1.165, 1.54) is 4.88 Å². The van der Waals surface area contributed by atoms with Gasteiger partial charge in [-0.3, -0.25) is 0 Å². The second-order valence-electron chi connectivity index (χ2n) is 4.79. The van der Waals surface area contributed by atoms with Crippen molar-refractivity contribution in [3.05, 3.63) is 55.6 Å². The summed E-state index contributed by atoms with van der Waals surface area (Å²) in [6.07, 6.45) is 0.143.